The molecule has 0 aromatic rings. The van der Waals surface area contributed by atoms with Crippen molar-refractivity contribution in [3.05, 3.63) is 47.6 Å². The predicted octanol–water partition coefficient (Wildman–Crippen LogP) is 5.54. The summed E-state index contributed by atoms with van der Waals surface area (Å²) in [7, 11) is 2.97. The number of rotatable bonds is 2. The highest BCUT2D eigenvalue weighted by Gasteiger charge is 2.17. The van der Waals surface area contributed by atoms with Crippen LogP contribution in [0, 0.1) is 0 Å². The normalized spacial score (nSPS) is 17.8. The maximum absolute atomic E-state index is 5.43. The van der Waals surface area contributed by atoms with E-state index in [9.17, 15) is 0 Å². The van der Waals surface area contributed by atoms with E-state index in [1.807, 2.05) is 36.5 Å². The zero-order chi connectivity index (χ0) is 14.5. The standard InChI is InChI=1S/C14H10S6/c15-11-7-3-1-5-9(11)13(17)19-20-14(18)10-6-2-4-8-12(10)16/h1-6H,7-8H2. The molecule has 102 valence electrons. The minimum atomic E-state index is 0.782. The third-order valence-electron chi connectivity index (χ3n) is 2.64. The number of hydrogen-bond donors (Lipinski definition) is 0. The van der Waals surface area contributed by atoms with E-state index >= 15 is 0 Å². The van der Waals surface area contributed by atoms with Gasteiger partial charge in [0.25, 0.3) is 0 Å². The summed E-state index contributed by atoms with van der Waals surface area (Å²) in [5.74, 6) is 0. The molecule has 0 bridgehead atoms. The van der Waals surface area contributed by atoms with Gasteiger partial charge in [-0.25, -0.2) is 0 Å². The fourth-order valence-electron chi connectivity index (χ4n) is 1.61. The van der Waals surface area contributed by atoms with Crippen LogP contribution in [0.25, 0.3) is 0 Å². The summed E-state index contributed by atoms with van der Waals surface area (Å²) < 4.78 is 1.56. The Balaban J connectivity index is 1.95. The van der Waals surface area contributed by atoms with Crippen molar-refractivity contribution in [3.8, 4) is 0 Å². The van der Waals surface area contributed by atoms with Crippen LogP contribution in [0.2, 0.25) is 0 Å². The lowest BCUT2D eigenvalue weighted by atomic mass is 10.1. The quantitative estimate of drug-likeness (QED) is 0.459. The van der Waals surface area contributed by atoms with Crippen LogP contribution in [0.4, 0.5) is 0 Å². The summed E-state index contributed by atoms with van der Waals surface area (Å²) in [6, 6.07) is 0. The van der Waals surface area contributed by atoms with Crippen LogP contribution in [0.1, 0.15) is 12.8 Å². The van der Waals surface area contributed by atoms with Crippen molar-refractivity contribution in [2.45, 2.75) is 12.8 Å². The Labute approximate surface area is 148 Å². The second-order valence-corrected chi connectivity index (χ2v) is 8.48. The highest BCUT2D eigenvalue weighted by atomic mass is 33.1. The van der Waals surface area contributed by atoms with E-state index < -0.39 is 0 Å². The molecule has 0 spiro atoms. The minimum Gasteiger partial charge on any atom is -0.0839 e. The topological polar surface area (TPSA) is 0 Å². The second kappa shape index (κ2) is 7.87. The molecule has 0 nitrogen and oxygen atoms in total. The Morgan fingerprint density at radius 2 is 1.20 bits per heavy atom. The third-order valence-corrected chi connectivity index (χ3v) is 7.06. The second-order valence-electron chi connectivity index (χ2n) is 4.01. The molecule has 0 fully saturated rings. The van der Waals surface area contributed by atoms with Gasteiger partial charge in [0, 0.05) is 33.7 Å². The van der Waals surface area contributed by atoms with Gasteiger partial charge in [-0.2, -0.15) is 0 Å². The molecule has 2 aliphatic carbocycles. The highest BCUT2D eigenvalue weighted by molar-refractivity contribution is 8.90. The first kappa shape index (κ1) is 16.4. The summed E-state index contributed by atoms with van der Waals surface area (Å²) in [6.45, 7) is 0. The van der Waals surface area contributed by atoms with Gasteiger partial charge in [0.05, 0.1) is 8.39 Å². The van der Waals surface area contributed by atoms with Gasteiger partial charge in [-0.15, -0.1) is 0 Å². The van der Waals surface area contributed by atoms with Crippen molar-refractivity contribution in [1.29, 1.82) is 0 Å². The fourth-order valence-corrected chi connectivity index (χ4v) is 5.11. The Morgan fingerprint density at radius 1 is 0.800 bits per heavy atom. The molecule has 0 saturated heterocycles. The Hall–Kier alpha value is 0.0200. The molecule has 0 saturated carbocycles. The highest BCUT2D eigenvalue weighted by Crippen LogP contribution is 2.33. The summed E-state index contributed by atoms with van der Waals surface area (Å²) in [6.07, 6.45) is 13.6. The van der Waals surface area contributed by atoms with Crippen LogP contribution >= 0.6 is 70.5 Å². The van der Waals surface area contributed by atoms with Gasteiger partial charge in [0.1, 0.15) is 0 Å². The summed E-state index contributed by atoms with van der Waals surface area (Å²) in [4.78, 5) is 1.79. The van der Waals surface area contributed by atoms with Gasteiger partial charge in [-0.05, 0) is 21.6 Å². The van der Waals surface area contributed by atoms with Gasteiger partial charge in [-0.3, -0.25) is 0 Å². The molecule has 0 aliphatic heterocycles. The van der Waals surface area contributed by atoms with Crippen LogP contribution in [0.5, 0.6) is 0 Å². The molecule has 0 unspecified atom stereocenters. The molecule has 0 atom stereocenters. The first-order valence-electron chi connectivity index (χ1n) is 5.83. The zero-order valence-corrected chi connectivity index (χ0v) is 15.2. The molecule has 0 heterocycles. The van der Waals surface area contributed by atoms with E-state index in [0.717, 1.165) is 42.1 Å². The summed E-state index contributed by atoms with van der Waals surface area (Å²) in [5.41, 5.74) is 1.94. The van der Waals surface area contributed by atoms with Crippen LogP contribution in [0.3, 0.4) is 0 Å². The molecule has 0 radical (unpaired) electrons. The van der Waals surface area contributed by atoms with Crippen LogP contribution in [-0.4, -0.2) is 18.1 Å². The predicted molar refractivity (Wildman–Crippen MR) is 109 cm³/mol. The van der Waals surface area contributed by atoms with Crippen molar-refractivity contribution in [2.24, 2.45) is 0 Å². The lowest BCUT2D eigenvalue weighted by Crippen LogP contribution is -2.09. The number of allylic oxidation sites excluding steroid dienone is 6. The SMILES string of the molecule is S=C1CC=CC=C1C(=S)SSC(=S)C1=CC=CCC1=S. The summed E-state index contributed by atoms with van der Waals surface area (Å²) in [5, 5.41) is 0. The van der Waals surface area contributed by atoms with Crippen molar-refractivity contribution >= 4 is 88.6 Å². The van der Waals surface area contributed by atoms with Gasteiger partial charge in [0.15, 0.2) is 0 Å². The van der Waals surface area contributed by atoms with E-state index in [1.165, 1.54) is 21.6 Å². The average Bonchev–Trinajstić information content (AvgIpc) is 2.45. The molecule has 20 heavy (non-hydrogen) atoms. The molecule has 0 aromatic heterocycles. The van der Waals surface area contributed by atoms with Crippen molar-refractivity contribution in [2.75, 3.05) is 0 Å². The fraction of sp³-hybridized carbons (Fsp3) is 0.143. The number of hydrogen-bond acceptors (Lipinski definition) is 6. The van der Waals surface area contributed by atoms with Crippen LogP contribution in [0.15, 0.2) is 47.6 Å². The van der Waals surface area contributed by atoms with Crippen molar-refractivity contribution in [3.63, 3.8) is 0 Å². The van der Waals surface area contributed by atoms with Gasteiger partial charge < -0.3 is 0 Å². The molecule has 0 aromatic carbocycles. The minimum absolute atomic E-state index is 0.782. The van der Waals surface area contributed by atoms with Gasteiger partial charge >= 0.3 is 0 Å². The third kappa shape index (κ3) is 4.26. The van der Waals surface area contributed by atoms with E-state index in [-0.39, 0.29) is 0 Å². The Bertz CT molecular complexity index is 549. The first-order valence-corrected chi connectivity index (χ1v) is 9.61. The Morgan fingerprint density at radius 3 is 1.55 bits per heavy atom. The molecule has 2 aliphatic rings. The van der Waals surface area contributed by atoms with Gasteiger partial charge in [-0.1, -0.05) is 85.3 Å². The molecule has 0 N–H and O–H groups in total. The lowest BCUT2D eigenvalue weighted by Gasteiger charge is -2.13. The monoisotopic (exact) mass is 370 g/mol. The van der Waals surface area contributed by atoms with Gasteiger partial charge in [0.2, 0.25) is 0 Å². The molecule has 2 rings (SSSR count). The van der Waals surface area contributed by atoms with Crippen LogP contribution in [-0.2, 0) is 0 Å². The average molecular weight is 371 g/mol. The zero-order valence-electron chi connectivity index (χ0n) is 10.3. The molecular weight excluding hydrogens is 361 g/mol. The molecule has 0 amide bonds. The molecular formula is C14H10S6. The van der Waals surface area contributed by atoms with E-state index in [1.54, 1.807) is 0 Å². The lowest BCUT2D eigenvalue weighted by molar-refractivity contribution is 1.49. The maximum Gasteiger partial charge on any atom is 0.0900 e. The number of thiocarbonyl (C=S) groups is 4. The Kier molecular flexibility index (Phi) is 6.45. The first-order chi connectivity index (χ1) is 9.59. The van der Waals surface area contributed by atoms with Crippen LogP contribution < -0.4 is 0 Å². The molecule has 6 heteroatoms. The van der Waals surface area contributed by atoms with Crippen molar-refractivity contribution < 1.29 is 0 Å². The van der Waals surface area contributed by atoms with E-state index in [4.69, 9.17) is 48.9 Å². The largest absolute Gasteiger partial charge is 0.0900 e. The maximum atomic E-state index is 5.43. The van der Waals surface area contributed by atoms with Crippen molar-refractivity contribution in [1.82, 2.24) is 0 Å². The van der Waals surface area contributed by atoms with E-state index in [0.29, 0.717) is 0 Å². The smallest absolute Gasteiger partial charge is 0.0839 e. The van der Waals surface area contributed by atoms with E-state index in [2.05, 4.69) is 0 Å². The summed E-state index contributed by atoms with van der Waals surface area (Å²) >= 11 is 21.5.